The lowest BCUT2D eigenvalue weighted by Crippen LogP contribution is -2.35. The van der Waals surface area contributed by atoms with E-state index in [0.29, 0.717) is 4.90 Å². The molecule has 0 heterocycles. The molecule has 0 atom stereocenters. The Balaban J connectivity index is 2.02. The van der Waals surface area contributed by atoms with Gasteiger partial charge >= 0.3 is 0 Å². The maximum atomic E-state index is 12.8. The fraction of sp³-hybridized carbons (Fsp3) is 0.727. The second kappa shape index (κ2) is 9.89. The van der Waals surface area contributed by atoms with Crippen molar-refractivity contribution in [3.05, 3.63) is 29.8 Å². The first-order valence-electron chi connectivity index (χ1n) is 10.4. The van der Waals surface area contributed by atoms with Crippen molar-refractivity contribution in [1.29, 1.82) is 0 Å². The molecule has 3 nitrogen and oxygen atoms in total. The van der Waals surface area contributed by atoms with Gasteiger partial charge in [0.25, 0.3) is 0 Å². The fourth-order valence-corrected chi connectivity index (χ4v) is 5.01. The molecule has 0 bridgehead atoms. The van der Waals surface area contributed by atoms with Gasteiger partial charge in [-0.25, -0.2) is 13.1 Å². The number of benzene rings is 1. The molecule has 1 aromatic carbocycles. The Morgan fingerprint density at radius 2 is 1.19 bits per heavy atom. The molecule has 1 saturated carbocycles. The van der Waals surface area contributed by atoms with E-state index >= 15 is 0 Å². The van der Waals surface area contributed by atoms with Crippen molar-refractivity contribution in [3.63, 3.8) is 0 Å². The van der Waals surface area contributed by atoms with Crippen molar-refractivity contribution < 1.29 is 8.42 Å². The molecule has 1 aliphatic carbocycles. The van der Waals surface area contributed by atoms with Crippen LogP contribution in [0.1, 0.15) is 97.0 Å². The van der Waals surface area contributed by atoms with Crippen molar-refractivity contribution >= 4 is 10.0 Å². The zero-order chi connectivity index (χ0) is 19.0. The number of hydrogen-bond acceptors (Lipinski definition) is 2. The molecule has 0 amide bonds. The Hall–Kier alpha value is -0.870. The maximum absolute atomic E-state index is 12.8. The molecular weight excluding hydrogens is 342 g/mol. The lowest BCUT2D eigenvalue weighted by atomic mass is 9.87. The Labute approximate surface area is 161 Å². The molecule has 1 aromatic rings. The summed E-state index contributed by atoms with van der Waals surface area (Å²) in [5.74, 6) is 0. The highest BCUT2D eigenvalue weighted by molar-refractivity contribution is 7.89. The number of rotatable bonds is 3. The van der Waals surface area contributed by atoms with Gasteiger partial charge < -0.3 is 0 Å². The predicted molar refractivity (Wildman–Crippen MR) is 110 cm³/mol. The van der Waals surface area contributed by atoms with E-state index in [1.807, 2.05) is 12.1 Å². The smallest absolute Gasteiger partial charge is 0.208 e. The molecule has 1 fully saturated rings. The van der Waals surface area contributed by atoms with Gasteiger partial charge in [-0.1, -0.05) is 90.7 Å². The van der Waals surface area contributed by atoms with E-state index in [2.05, 4.69) is 25.5 Å². The third-order valence-corrected chi connectivity index (χ3v) is 6.99. The molecule has 148 valence electrons. The van der Waals surface area contributed by atoms with Crippen LogP contribution < -0.4 is 4.72 Å². The Morgan fingerprint density at radius 1 is 0.769 bits per heavy atom. The summed E-state index contributed by atoms with van der Waals surface area (Å²) in [5.41, 5.74) is 1.19. The highest BCUT2D eigenvalue weighted by atomic mass is 32.2. The molecule has 4 heteroatoms. The summed E-state index contributed by atoms with van der Waals surface area (Å²) in [6.07, 6.45) is 13.2. The molecule has 0 radical (unpaired) electrons. The van der Waals surface area contributed by atoms with E-state index < -0.39 is 10.0 Å². The molecule has 26 heavy (non-hydrogen) atoms. The van der Waals surface area contributed by atoms with Crippen LogP contribution in [0.25, 0.3) is 0 Å². The Morgan fingerprint density at radius 3 is 1.62 bits per heavy atom. The second-order valence-electron chi connectivity index (χ2n) is 8.85. The third-order valence-electron chi connectivity index (χ3n) is 5.46. The van der Waals surface area contributed by atoms with Crippen LogP contribution >= 0.6 is 0 Å². The zero-order valence-electron chi connectivity index (χ0n) is 16.9. The Bertz CT molecular complexity index is 617. The minimum absolute atomic E-state index is 0.0310. The molecule has 0 aromatic heterocycles. The van der Waals surface area contributed by atoms with Crippen LogP contribution in [0.5, 0.6) is 0 Å². The number of hydrogen-bond donors (Lipinski definition) is 1. The molecule has 1 aliphatic rings. The topological polar surface area (TPSA) is 46.2 Å². The second-order valence-corrected chi connectivity index (χ2v) is 10.6. The van der Waals surface area contributed by atoms with E-state index in [4.69, 9.17) is 0 Å². The number of sulfonamides is 1. The predicted octanol–water partition coefficient (Wildman–Crippen LogP) is 5.94. The molecular formula is C22H37NO2S. The van der Waals surface area contributed by atoms with Crippen LogP contribution in [0.2, 0.25) is 0 Å². The van der Waals surface area contributed by atoms with Crippen molar-refractivity contribution in [2.24, 2.45) is 0 Å². The van der Waals surface area contributed by atoms with Crippen molar-refractivity contribution in [2.75, 3.05) is 0 Å². The summed E-state index contributed by atoms with van der Waals surface area (Å²) >= 11 is 0. The molecule has 0 saturated heterocycles. The summed E-state index contributed by atoms with van der Waals surface area (Å²) < 4.78 is 28.6. The fourth-order valence-electron chi connectivity index (χ4n) is 3.70. The van der Waals surface area contributed by atoms with Gasteiger partial charge in [0.2, 0.25) is 10.0 Å². The van der Waals surface area contributed by atoms with Gasteiger partial charge in [-0.2, -0.15) is 0 Å². The lowest BCUT2D eigenvalue weighted by molar-refractivity contribution is 0.440. The average molecular weight is 380 g/mol. The highest BCUT2D eigenvalue weighted by Gasteiger charge is 2.21. The highest BCUT2D eigenvalue weighted by Crippen LogP contribution is 2.24. The molecule has 2 rings (SSSR count). The van der Waals surface area contributed by atoms with Gasteiger partial charge in [0.1, 0.15) is 0 Å². The minimum atomic E-state index is -3.44. The van der Waals surface area contributed by atoms with E-state index in [1.54, 1.807) is 12.1 Å². The van der Waals surface area contributed by atoms with Gasteiger partial charge in [-0.05, 0) is 36.0 Å². The van der Waals surface area contributed by atoms with Crippen LogP contribution in [0.3, 0.4) is 0 Å². The number of nitrogens with one attached hydrogen (secondary N) is 1. The standard InChI is InChI=1S/C22H37NO2S/c1-22(2,3)19-15-17-21(18-16-19)26(24,25)23-20-13-11-9-7-5-4-6-8-10-12-14-20/h15-18,20,23H,4-14H2,1-3H3. The van der Waals surface area contributed by atoms with E-state index in [9.17, 15) is 8.42 Å². The normalized spacial score (nSPS) is 19.5. The first-order chi connectivity index (χ1) is 12.3. The van der Waals surface area contributed by atoms with Crippen LogP contribution in [0.4, 0.5) is 0 Å². The average Bonchev–Trinajstić information content (AvgIpc) is 2.56. The van der Waals surface area contributed by atoms with Gasteiger partial charge in [-0.3, -0.25) is 0 Å². The SMILES string of the molecule is CC(C)(C)c1ccc(S(=O)(=O)NC2CCCCCCCCCCC2)cc1. The van der Waals surface area contributed by atoms with Gasteiger partial charge in [0, 0.05) is 6.04 Å². The summed E-state index contributed by atoms with van der Waals surface area (Å²) in [7, 11) is -3.44. The van der Waals surface area contributed by atoms with Crippen LogP contribution in [0.15, 0.2) is 29.2 Å². The monoisotopic (exact) mass is 379 g/mol. The van der Waals surface area contributed by atoms with Crippen LogP contribution in [-0.2, 0) is 15.4 Å². The zero-order valence-corrected chi connectivity index (χ0v) is 17.7. The molecule has 0 spiro atoms. The summed E-state index contributed by atoms with van der Waals surface area (Å²) in [6.45, 7) is 6.42. The van der Waals surface area contributed by atoms with E-state index in [-0.39, 0.29) is 11.5 Å². The first kappa shape index (κ1) is 21.4. The first-order valence-corrected chi connectivity index (χ1v) is 11.9. The lowest BCUT2D eigenvalue weighted by Gasteiger charge is -2.21. The van der Waals surface area contributed by atoms with Gasteiger partial charge in [0.15, 0.2) is 0 Å². The molecule has 0 unspecified atom stereocenters. The quantitative estimate of drug-likeness (QED) is 0.707. The summed E-state index contributed by atoms with van der Waals surface area (Å²) in [5, 5.41) is 0. The van der Waals surface area contributed by atoms with Crippen molar-refractivity contribution in [3.8, 4) is 0 Å². The third kappa shape index (κ3) is 7.03. The van der Waals surface area contributed by atoms with Crippen molar-refractivity contribution in [1.82, 2.24) is 4.72 Å². The molecule has 0 aliphatic heterocycles. The largest absolute Gasteiger partial charge is 0.240 e. The van der Waals surface area contributed by atoms with E-state index in [1.165, 1.54) is 44.9 Å². The van der Waals surface area contributed by atoms with E-state index in [0.717, 1.165) is 31.2 Å². The van der Waals surface area contributed by atoms with Gasteiger partial charge in [-0.15, -0.1) is 0 Å². The summed E-state index contributed by atoms with van der Waals surface area (Å²) in [6, 6.07) is 7.45. The van der Waals surface area contributed by atoms with Crippen LogP contribution in [0, 0.1) is 0 Å². The van der Waals surface area contributed by atoms with Crippen LogP contribution in [-0.4, -0.2) is 14.5 Å². The van der Waals surface area contributed by atoms with Gasteiger partial charge in [0.05, 0.1) is 4.90 Å². The Kier molecular flexibility index (Phi) is 8.15. The maximum Gasteiger partial charge on any atom is 0.240 e. The summed E-state index contributed by atoms with van der Waals surface area (Å²) in [4.78, 5) is 0.386. The minimum Gasteiger partial charge on any atom is -0.208 e. The van der Waals surface area contributed by atoms with Crippen molar-refractivity contribution in [2.45, 2.75) is 108 Å². The molecule has 1 N–H and O–H groups in total.